The first kappa shape index (κ1) is 15.7. The lowest BCUT2D eigenvalue weighted by molar-refractivity contribution is 0.0133. The summed E-state index contributed by atoms with van der Waals surface area (Å²) in [5.74, 6) is 0. The smallest absolute Gasteiger partial charge is 0.0922 e. The van der Waals surface area contributed by atoms with Gasteiger partial charge in [-0.05, 0) is 18.9 Å². The fraction of sp³-hybridized carbons (Fsp3) is 0.600. The predicted molar refractivity (Wildman–Crippen MR) is 79.4 cm³/mol. The van der Waals surface area contributed by atoms with Gasteiger partial charge in [0, 0.05) is 11.9 Å². The van der Waals surface area contributed by atoms with Crippen LogP contribution in [0.3, 0.4) is 0 Å². The van der Waals surface area contributed by atoms with E-state index < -0.39 is 0 Å². The van der Waals surface area contributed by atoms with Crippen molar-refractivity contribution in [3.8, 4) is 0 Å². The molecule has 3 heteroatoms. The van der Waals surface area contributed by atoms with Gasteiger partial charge in [0.15, 0.2) is 0 Å². The van der Waals surface area contributed by atoms with Crippen LogP contribution in [-0.4, -0.2) is 25.2 Å². The van der Waals surface area contributed by atoms with E-state index in [1.165, 1.54) is 17.5 Å². The normalized spacial score (nSPS) is 12.6. The Kier molecular flexibility index (Phi) is 8.31. The molecule has 0 aliphatic heterocycles. The standard InChI is InChI=1S/C15H23BrO2/c1-3-4-9-17-10-11-18-15(12-16)14-7-5-13(2)6-8-14/h5-8,15H,3-4,9-12H2,1-2H3. The first-order chi connectivity index (χ1) is 8.77. The van der Waals surface area contributed by atoms with Crippen LogP contribution in [0.2, 0.25) is 0 Å². The summed E-state index contributed by atoms with van der Waals surface area (Å²) >= 11 is 3.50. The van der Waals surface area contributed by atoms with Gasteiger partial charge in [-0.25, -0.2) is 0 Å². The summed E-state index contributed by atoms with van der Waals surface area (Å²) in [4.78, 5) is 0. The van der Waals surface area contributed by atoms with Crippen molar-refractivity contribution in [1.29, 1.82) is 0 Å². The van der Waals surface area contributed by atoms with Crippen molar-refractivity contribution >= 4 is 15.9 Å². The molecule has 0 amide bonds. The second-order valence-electron chi connectivity index (χ2n) is 4.39. The van der Waals surface area contributed by atoms with Gasteiger partial charge in [0.1, 0.15) is 0 Å². The molecular formula is C15H23BrO2. The Morgan fingerprint density at radius 2 is 1.83 bits per heavy atom. The van der Waals surface area contributed by atoms with Crippen LogP contribution >= 0.6 is 15.9 Å². The molecular weight excluding hydrogens is 292 g/mol. The van der Waals surface area contributed by atoms with Crippen molar-refractivity contribution in [2.75, 3.05) is 25.2 Å². The second kappa shape index (κ2) is 9.54. The van der Waals surface area contributed by atoms with Crippen molar-refractivity contribution < 1.29 is 9.47 Å². The van der Waals surface area contributed by atoms with E-state index in [9.17, 15) is 0 Å². The number of hydrogen-bond acceptors (Lipinski definition) is 2. The van der Waals surface area contributed by atoms with Crippen molar-refractivity contribution in [1.82, 2.24) is 0 Å². The van der Waals surface area contributed by atoms with E-state index >= 15 is 0 Å². The molecule has 0 aliphatic carbocycles. The molecule has 0 saturated carbocycles. The van der Waals surface area contributed by atoms with Gasteiger partial charge in [-0.2, -0.15) is 0 Å². The van der Waals surface area contributed by atoms with Gasteiger partial charge in [-0.15, -0.1) is 0 Å². The highest BCUT2D eigenvalue weighted by Gasteiger charge is 2.09. The van der Waals surface area contributed by atoms with Crippen LogP contribution in [0.5, 0.6) is 0 Å². The highest BCUT2D eigenvalue weighted by Crippen LogP contribution is 2.20. The summed E-state index contributed by atoms with van der Waals surface area (Å²) in [5, 5.41) is 0.811. The number of rotatable bonds is 9. The van der Waals surface area contributed by atoms with Gasteiger partial charge in [0.25, 0.3) is 0 Å². The third kappa shape index (κ3) is 5.98. The number of halogens is 1. The lowest BCUT2D eigenvalue weighted by Gasteiger charge is -2.16. The number of hydrogen-bond donors (Lipinski definition) is 0. The Hall–Kier alpha value is -0.380. The van der Waals surface area contributed by atoms with E-state index in [1.54, 1.807) is 0 Å². The maximum atomic E-state index is 5.83. The Morgan fingerprint density at radius 3 is 2.44 bits per heavy atom. The molecule has 0 radical (unpaired) electrons. The molecule has 2 nitrogen and oxygen atoms in total. The Morgan fingerprint density at radius 1 is 1.11 bits per heavy atom. The molecule has 1 aromatic rings. The largest absolute Gasteiger partial charge is 0.379 e. The molecule has 1 unspecified atom stereocenters. The van der Waals surface area contributed by atoms with E-state index in [2.05, 4.69) is 54.0 Å². The molecule has 0 saturated heterocycles. The molecule has 1 atom stereocenters. The van der Waals surface area contributed by atoms with Gasteiger partial charge in [-0.3, -0.25) is 0 Å². The maximum Gasteiger partial charge on any atom is 0.0922 e. The SMILES string of the molecule is CCCCOCCOC(CBr)c1ccc(C)cc1. The van der Waals surface area contributed by atoms with Crippen molar-refractivity contribution in [2.24, 2.45) is 0 Å². The molecule has 102 valence electrons. The third-order valence-corrected chi connectivity index (χ3v) is 3.37. The minimum absolute atomic E-state index is 0.111. The first-order valence-corrected chi connectivity index (χ1v) is 7.72. The Bertz CT molecular complexity index is 311. The molecule has 18 heavy (non-hydrogen) atoms. The summed E-state index contributed by atoms with van der Waals surface area (Å²) in [7, 11) is 0. The number of unbranched alkanes of at least 4 members (excludes halogenated alkanes) is 1. The summed E-state index contributed by atoms with van der Waals surface area (Å²) in [6, 6.07) is 8.48. The summed E-state index contributed by atoms with van der Waals surface area (Å²) in [6.45, 7) is 6.42. The Labute approximate surface area is 119 Å². The quantitative estimate of drug-likeness (QED) is 0.501. The minimum Gasteiger partial charge on any atom is -0.379 e. The van der Waals surface area contributed by atoms with Crippen LogP contribution in [0.25, 0.3) is 0 Å². The lowest BCUT2D eigenvalue weighted by atomic mass is 10.1. The van der Waals surface area contributed by atoms with Gasteiger partial charge >= 0.3 is 0 Å². The van der Waals surface area contributed by atoms with E-state index in [-0.39, 0.29) is 6.10 Å². The van der Waals surface area contributed by atoms with Crippen molar-refractivity contribution in [2.45, 2.75) is 32.8 Å². The number of alkyl halides is 1. The fourth-order valence-corrected chi connectivity index (χ4v) is 2.17. The van der Waals surface area contributed by atoms with E-state index in [1.807, 2.05) is 0 Å². The van der Waals surface area contributed by atoms with Crippen LogP contribution in [0, 0.1) is 6.92 Å². The highest BCUT2D eigenvalue weighted by molar-refractivity contribution is 9.09. The molecule has 0 aliphatic rings. The van der Waals surface area contributed by atoms with Crippen LogP contribution in [0.1, 0.15) is 37.0 Å². The molecule has 0 fully saturated rings. The van der Waals surface area contributed by atoms with Crippen LogP contribution in [0.15, 0.2) is 24.3 Å². The summed E-state index contributed by atoms with van der Waals surface area (Å²) in [5.41, 5.74) is 2.49. The molecule has 1 aromatic carbocycles. The van der Waals surface area contributed by atoms with Gasteiger partial charge < -0.3 is 9.47 Å². The second-order valence-corrected chi connectivity index (χ2v) is 5.04. The molecule has 1 rings (SSSR count). The number of aryl methyl sites for hydroxylation is 1. The van der Waals surface area contributed by atoms with Gasteiger partial charge in [0.05, 0.1) is 19.3 Å². The fourth-order valence-electron chi connectivity index (χ4n) is 1.61. The molecule has 0 heterocycles. The summed E-state index contributed by atoms with van der Waals surface area (Å²) < 4.78 is 11.3. The third-order valence-electron chi connectivity index (χ3n) is 2.78. The first-order valence-electron chi connectivity index (χ1n) is 6.59. The Balaban J connectivity index is 2.27. The topological polar surface area (TPSA) is 18.5 Å². The maximum absolute atomic E-state index is 5.83. The average molecular weight is 315 g/mol. The lowest BCUT2D eigenvalue weighted by Crippen LogP contribution is -2.11. The van der Waals surface area contributed by atoms with Crippen LogP contribution in [-0.2, 0) is 9.47 Å². The summed E-state index contributed by atoms with van der Waals surface area (Å²) in [6.07, 6.45) is 2.41. The zero-order chi connectivity index (χ0) is 13.2. The molecule has 0 N–H and O–H groups in total. The van der Waals surface area contributed by atoms with Crippen molar-refractivity contribution in [3.05, 3.63) is 35.4 Å². The number of ether oxygens (including phenoxy) is 2. The molecule has 0 aromatic heterocycles. The average Bonchev–Trinajstić information content (AvgIpc) is 2.39. The van der Waals surface area contributed by atoms with Crippen molar-refractivity contribution in [3.63, 3.8) is 0 Å². The monoisotopic (exact) mass is 314 g/mol. The highest BCUT2D eigenvalue weighted by atomic mass is 79.9. The predicted octanol–water partition coefficient (Wildman–Crippen LogP) is 4.26. The van der Waals surface area contributed by atoms with E-state index in [0.29, 0.717) is 13.2 Å². The van der Waals surface area contributed by atoms with Gasteiger partial charge in [0.2, 0.25) is 0 Å². The van der Waals surface area contributed by atoms with Crippen LogP contribution in [0.4, 0.5) is 0 Å². The molecule has 0 spiro atoms. The molecule has 0 bridgehead atoms. The minimum atomic E-state index is 0.111. The van der Waals surface area contributed by atoms with Crippen LogP contribution < -0.4 is 0 Å². The van der Waals surface area contributed by atoms with Gasteiger partial charge in [-0.1, -0.05) is 59.1 Å². The number of benzene rings is 1. The van der Waals surface area contributed by atoms with E-state index in [4.69, 9.17) is 9.47 Å². The zero-order valence-corrected chi connectivity index (χ0v) is 12.9. The van der Waals surface area contributed by atoms with E-state index in [0.717, 1.165) is 18.4 Å². The zero-order valence-electron chi connectivity index (χ0n) is 11.3.